The molecule has 0 radical (unpaired) electrons. The van der Waals surface area contributed by atoms with E-state index in [1.54, 1.807) is 30.1 Å². The Bertz CT molecular complexity index is 810. The van der Waals surface area contributed by atoms with Crippen molar-refractivity contribution in [1.29, 1.82) is 0 Å². The average molecular weight is 340 g/mol. The van der Waals surface area contributed by atoms with E-state index in [0.29, 0.717) is 0 Å². The summed E-state index contributed by atoms with van der Waals surface area (Å²) in [5.41, 5.74) is 2.34. The highest BCUT2D eigenvalue weighted by Gasteiger charge is 2.21. The molecule has 1 fully saturated rings. The van der Waals surface area contributed by atoms with E-state index in [9.17, 15) is 0 Å². The van der Waals surface area contributed by atoms with Gasteiger partial charge in [0.2, 0.25) is 0 Å². The van der Waals surface area contributed by atoms with Gasteiger partial charge in [0, 0.05) is 57.7 Å². The van der Waals surface area contributed by atoms with Gasteiger partial charge in [0.05, 0.1) is 11.1 Å². The monoisotopic (exact) mass is 340 g/mol. The molecule has 0 bridgehead atoms. The zero-order valence-corrected chi connectivity index (χ0v) is 14.5. The summed E-state index contributed by atoms with van der Waals surface area (Å²) in [4.78, 5) is 23.4. The lowest BCUT2D eigenvalue weighted by molar-refractivity contribution is 0.260. The molecular weight excluding hydrogens is 320 g/mol. The van der Waals surface area contributed by atoms with Crippen molar-refractivity contribution in [1.82, 2.24) is 24.8 Å². The molecule has 3 aromatic heterocycles. The predicted octanol–water partition coefficient (Wildman–Crippen LogP) is 2.15. The molecule has 24 heavy (non-hydrogen) atoms. The topological polar surface area (TPSA) is 58.0 Å². The molecule has 0 N–H and O–H groups in total. The van der Waals surface area contributed by atoms with E-state index in [-0.39, 0.29) is 0 Å². The number of hydrogen-bond donors (Lipinski definition) is 0. The first-order valence-electron chi connectivity index (χ1n) is 8.22. The molecular formula is C17H20N6S. The third-order valence-electron chi connectivity index (χ3n) is 4.51. The number of thiophene rings is 1. The molecule has 6 nitrogen and oxygen atoms in total. The molecule has 0 amide bonds. The van der Waals surface area contributed by atoms with Crippen LogP contribution in [0.15, 0.2) is 30.3 Å². The first-order valence-corrected chi connectivity index (χ1v) is 9.10. The Morgan fingerprint density at radius 3 is 2.75 bits per heavy atom. The Morgan fingerprint density at radius 2 is 1.96 bits per heavy atom. The van der Waals surface area contributed by atoms with Gasteiger partial charge in [-0.05, 0) is 17.9 Å². The standard InChI is InChI=1S/C17H20N6S/c1-13-11-24-17-15(13)16(20-12-21-17)23-8-6-22(7-9-23)5-2-14-10-18-3-4-19-14/h3-4,10-12H,2,5-9H2,1H3. The normalized spacial score (nSPS) is 16.0. The lowest BCUT2D eigenvalue weighted by Crippen LogP contribution is -2.47. The molecule has 0 aromatic carbocycles. The highest BCUT2D eigenvalue weighted by Crippen LogP contribution is 2.31. The Hall–Kier alpha value is -2.12. The number of piperazine rings is 1. The summed E-state index contributed by atoms with van der Waals surface area (Å²) in [7, 11) is 0. The highest BCUT2D eigenvalue weighted by atomic mass is 32.1. The zero-order valence-electron chi connectivity index (χ0n) is 13.7. The number of nitrogens with zero attached hydrogens (tertiary/aromatic N) is 6. The first kappa shape index (κ1) is 15.4. The maximum atomic E-state index is 4.57. The van der Waals surface area contributed by atoms with E-state index in [1.807, 2.05) is 6.20 Å². The highest BCUT2D eigenvalue weighted by molar-refractivity contribution is 7.17. The fourth-order valence-corrected chi connectivity index (χ4v) is 4.04. The number of aryl methyl sites for hydroxylation is 1. The van der Waals surface area contributed by atoms with Gasteiger partial charge in [-0.1, -0.05) is 0 Å². The molecule has 4 heterocycles. The van der Waals surface area contributed by atoms with E-state index in [4.69, 9.17) is 0 Å². The Morgan fingerprint density at radius 1 is 1.08 bits per heavy atom. The number of aromatic nitrogens is 4. The second kappa shape index (κ2) is 6.78. The maximum absolute atomic E-state index is 4.57. The van der Waals surface area contributed by atoms with Crippen LogP contribution in [0.3, 0.4) is 0 Å². The largest absolute Gasteiger partial charge is 0.353 e. The van der Waals surface area contributed by atoms with Gasteiger partial charge in [-0.3, -0.25) is 14.9 Å². The van der Waals surface area contributed by atoms with E-state index in [1.165, 1.54) is 10.9 Å². The summed E-state index contributed by atoms with van der Waals surface area (Å²) in [6.45, 7) is 7.28. The van der Waals surface area contributed by atoms with Gasteiger partial charge in [0.25, 0.3) is 0 Å². The number of anilines is 1. The quantitative estimate of drug-likeness (QED) is 0.725. The Labute approximate surface area is 145 Å². The van der Waals surface area contributed by atoms with E-state index in [2.05, 4.69) is 42.0 Å². The van der Waals surface area contributed by atoms with Crippen LogP contribution in [0.1, 0.15) is 11.3 Å². The molecule has 0 aliphatic carbocycles. The van der Waals surface area contributed by atoms with Crippen molar-refractivity contribution in [2.24, 2.45) is 0 Å². The van der Waals surface area contributed by atoms with Gasteiger partial charge in [-0.2, -0.15) is 0 Å². The summed E-state index contributed by atoms with van der Waals surface area (Å²) in [6, 6.07) is 0. The van der Waals surface area contributed by atoms with Crippen LogP contribution in [0.2, 0.25) is 0 Å². The van der Waals surface area contributed by atoms with Crippen molar-refractivity contribution in [3.63, 3.8) is 0 Å². The molecule has 7 heteroatoms. The van der Waals surface area contributed by atoms with Crippen LogP contribution in [0.5, 0.6) is 0 Å². The Kier molecular flexibility index (Phi) is 4.36. The van der Waals surface area contributed by atoms with Crippen LogP contribution in [0.25, 0.3) is 10.2 Å². The second-order valence-corrected chi connectivity index (χ2v) is 6.93. The average Bonchev–Trinajstić information content (AvgIpc) is 3.03. The lowest BCUT2D eigenvalue weighted by Gasteiger charge is -2.35. The third-order valence-corrected chi connectivity index (χ3v) is 5.51. The van der Waals surface area contributed by atoms with Crippen molar-refractivity contribution in [2.45, 2.75) is 13.3 Å². The molecule has 1 aliphatic heterocycles. The fourth-order valence-electron chi connectivity index (χ4n) is 3.15. The number of fused-ring (bicyclic) bond motifs is 1. The first-order chi connectivity index (χ1) is 11.8. The predicted molar refractivity (Wildman–Crippen MR) is 96.5 cm³/mol. The third kappa shape index (κ3) is 3.09. The summed E-state index contributed by atoms with van der Waals surface area (Å²) >= 11 is 1.70. The minimum Gasteiger partial charge on any atom is -0.353 e. The van der Waals surface area contributed by atoms with Gasteiger partial charge in [-0.25, -0.2) is 9.97 Å². The SMILES string of the molecule is Cc1csc2ncnc(N3CCN(CCc4cnccn4)CC3)c12. The van der Waals surface area contributed by atoms with Crippen LogP contribution in [-0.4, -0.2) is 57.6 Å². The van der Waals surface area contributed by atoms with Gasteiger partial charge in [-0.15, -0.1) is 11.3 Å². The second-order valence-electron chi connectivity index (χ2n) is 6.07. The van der Waals surface area contributed by atoms with Crippen molar-refractivity contribution < 1.29 is 0 Å². The molecule has 0 spiro atoms. The summed E-state index contributed by atoms with van der Waals surface area (Å²) in [5, 5.41) is 3.38. The van der Waals surface area contributed by atoms with E-state index in [0.717, 1.165) is 55.5 Å². The minimum atomic E-state index is 0.954. The summed E-state index contributed by atoms with van der Waals surface area (Å²) < 4.78 is 0. The molecule has 0 unspecified atom stereocenters. The summed E-state index contributed by atoms with van der Waals surface area (Å²) in [5.74, 6) is 1.09. The van der Waals surface area contributed by atoms with Crippen molar-refractivity contribution >= 4 is 27.4 Å². The minimum absolute atomic E-state index is 0.954. The van der Waals surface area contributed by atoms with Gasteiger partial charge < -0.3 is 4.90 Å². The van der Waals surface area contributed by atoms with Crippen LogP contribution in [-0.2, 0) is 6.42 Å². The van der Waals surface area contributed by atoms with Crippen LogP contribution in [0.4, 0.5) is 5.82 Å². The fraction of sp³-hybridized carbons (Fsp3) is 0.412. The van der Waals surface area contributed by atoms with Crippen LogP contribution in [0, 0.1) is 6.92 Å². The van der Waals surface area contributed by atoms with Crippen molar-refractivity contribution in [2.75, 3.05) is 37.6 Å². The van der Waals surface area contributed by atoms with Crippen molar-refractivity contribution in [3.8, 4) is 0 Å². The van der Waals surface area contributed by atoms with Crippen LogP contribution < -0.4 is 4.90 Å². The molecule has 4 rings (SSSR count). The number of rotatable bonds is 4. The smallest absolute Gasteiger partial charge is 0.141 e. The molecule has 3 aromatic rings. The van der Waals surface area contributed by atoms with Gasteiger partial charge in [0.1, 0.15) is 17.0 Å². The van der Waals surface area contributed by atoms with Gasteiger partial charge >= 0.3 is 0 Å². The van der Waals surface area contributed by atoms with Gasteiger partial charge in [0.15, 0.2) is 0 Å². The maximum Gasteiger partial charge on any atom is 0.141 e. The Balaban J connectivity index is 1.40. The molecule has 0 atom stereocenters. The molecule has 124 valence electrons. The molecule has 0 saturated carbocycles. The van der Waals surface area contributed by atoms with E-state index < -0.39 is 0 Å². The van der Waals surface area contributed by atoms with E-state index >= 15 is 0 Å². The molecule has 1 saturated heterocycles. The lowest BCUT2D eigenvalue weighted by atomic mass is 10.2. The van der Waals surface area contributed by atoms with Crippen molar-refractivity contribution in [3.05, 3.63) is 41.6 Å². The zero-order chi connectivity index (χ0) is 16.4. The van der Waals surface area contributed by atoms with Crippen LogP contribution >= 0.6 is 11.3 Å². The number of hydrogen-bond acceptors (Lipinski definition) is 7. The summed E-state index contributed by atoms with van der Waals surface area (Å²) in [6.07, 6.45) is 7.98. The molecule has 1 aliphatic rings.